The summed E-state index contributed by atoms with van der Waals surface area (Å²) in [6.07, 6.45) is -0.277. The molecular formula is C9H20N4O3. The van der Waals surface area contributed by atoms with Crippen molar-refractivity contribution < 1.29 is 15.0 Å². The lowest BCUT2D eigenvalue weighted by molar-refractivity contribution is -0.148. The Morgan fingerprint density at radius 3 is 2.44 bits per heavy atom. The van der Waals surface area contributed by atoms with Gasteiger partial charge in [0.1, 0.15) is 5.54 Å². The third-order valence-corrected chi connectivity index (χ3v) is 2.42. The third kappa shape index (κ3) is 4.03. The Morgan fingerprint density at radius 2 is 2.06 bits per heavy atom. The number of nitrogens with two attached hydrogens (primary N) is 3. The molecule has 2 atom stereocenters. The minimum Gasteiger partial charge on any atom is -0.480 e. The molecule has 0 fully saturated rings. The van der Waals surface area contributed by atoms with Crippen molar-refractivity contribution >= 4 is 11.9 Å². The first-order valence-corrected chi connectivity index (χ1v) is 5.10. The molecule has 0 saturated carbocycles. The van der Waals surface area contributed by atoms with Crippen LogP contribution in [-0.2, 0) is 4.79 Å². The van der Waals surface area contributed by atoms with Crippen molar-refractivity contribution in [1.29, 1.82) is 0 Å². The predicted molar refractivity (Wildman–Crippen MR) is 60.8 cm³/mol. The molecule has 2 unspecified atom stereocenters. The van der Waals surface area contributed by atoms with E-state index in [9.17, 15) is 9.90 Å². The number of hydrogen-bond acceptors (Lipinski definition) is 4. The van der Waals surface area contributed by atoms with Crippen LogP contribution in [0.25, 0.3) is 0 Å². The Kier molecular flexibility index (Phi) is 5.76. The summed E-state index contributed by atoms with van der Waals surface area (Å²) in [6, 6.07) is 0. The molecule has 7 nitrogen and oxygen atoms in total. The van der Waals surface area contributed by atoms with E-state index in [1.54, 1.807) is 6.92 Å². The van der Waals surface area contributed by atoms with Gasteiger partial charge >= 0.3 is 5.97 Å². The highest BCUT2D eigenvalue weighted by Gasteiger charge is 2.39. The van der Waals surface area contributed by atoms with Crippen molar-refractivity contribution in [3.63, 3.8) is 0 Å². The van der Waals surface area contributed by atoms with Crippen molar-refractivity contribution in [2.24, 2.45) is 22.2 Å². The molecule has 0 amide bonds. The van der Waals surface area contributed by atoms with E-state index in [2.05, 4.69) is 4.99 Å². The second-order valence-electron chi connectivity index (χ2n) is 3.68. The Hall–Kier alpha value is -1.34. The van der Waals surface area contributed by atoms with Crippen LogP contribution in [0.5, 0.6) is 0 Å². The molecule has 94 valence electrons. The van der Waals surface area contributed by atoms with Crippen LogP contribution in [0.15, 0.2) is 4.99 Å². The van der Waals surface area contributed by atoms with E-state index in [0.29, 0.717) is 13.0 Å². The summed E-state index contributed by atoms with van der Waals surface area (Å²) in [5.41, 5.74) is 14.3. The van der Waals surface area contributed by atoms with E-state index in [-0.39, 0.29) is 18.8 Å². The molecule has 0 aliphatic rings. The topological polar surface area (TPSA) is 148 Å². The SMILES string of the molecule is CCC(O)C(N)(CCCN=C(N)N)C(=O)O. The maximum atomic E-state index is 11.0. The number of aliphatic hydroxyl groups excluding tert-OH is 1. The molecule has 0 saturated heterocycles. The molecule has 0 bridgehead atoms. The summed E-state index contributed by atoms with van der Waals surface area (Å²) < 4.78 is 0. The van der Waals surface area contributed by atoms with E-state index in [0.717, 1.165) is 0 Å². The van der Waals surface area contributed by atoms with E-state index >= 15 is 0 Å². The quantitative estimate of drug-likeness (QED) is 0.207. The van der Waals surface area contributed by atoms with Gasteiger partial charge in [-0.1, -0.05) is 6.92 Å². The Morgan fingerprint density at radius 1 is 1.50 bits per heavy atom. The van der Waals surface area contributed by atoms with Gasteiger partial charge in [0.15, 0.2) is 5.96 Å². The molecule has 0 aromatic heterocycles. The zero-order valence-electron chi connectivity index (χ0n) is 9.39. The molecule has 0 aromatic rings. The number of rotatable bonds is 7. The molecule has 0 rings (SSSR count). The number of aliphatic imine (C=N–C) groups is 1. The molecule has 0 heterocycles. The second-order valence-corrected chi connectivity index (χ2v) is 3.68. The molecule has 8 N–H and O–H groups in total. The number of nitrogens with zero attached hydrogens (tertiary/aromatic N) is 1. The Bertz CT molecular complexity index is 265. The number of aliphatic hydroxyl groups is 1. The van der Waals surface area contributed by atoms with E-state index in [1.807, 2.05) is 0 Å². The van der Waals surface area contributed by atoms with Crippen LogP contribution >= 0.6 is 0 Å². The lowest BCUT2D eigenvalue weighted by Crippen LogP contribution is -2.57. The van der Waals surface area contributed by atoms with Crippen LogP contribution in [0.2, 0.25) is 0 Å². The largest absolute Gasteiger partial charge is 0.480 e. The van der Waals surface area contributed by atoms with Crippen molar-refractivity contribution in [3.8, 4) is 0 Å². The van der Waals surface area contributed by atoms with Crippen molar-refractivity contribution in [1.82, 2.24) is 0 Å². The normalized spacial score (nSPS) is 16.2. The maximum absolute atomic E-state index is 11.0. The standard InChI is InChI=1S/C9H20N4O3/c1-2-6(14)9(12,7(15)16)4-3-5-13-8(10)11/h6,14H,2-5,12H2,1H3,(H,15,16)(H4,10,11,13). The number of carboxylic acid groups (broad SMARTS) is 1. The number of carbonyl (C=O) groups is 1. The molecular weight excluding hydrogens is 212 g/mol. The first-order valence-electron chi connectivity index (χ1n) is 5.10. The Balaban J connectivity index is 4.35. The summed E-state index contributed by atoms with van der Waals surface area (Å²) in [5, 5.41) is 18.5. The summed E-state index contributed by atoms with van der Waals surface area (Å²) in [7, 11) is 0. The van der Waals surface area contributed by atoms with Gasteiger partial charge in [-0.25, -0.2) is 0 Å². The first-order chi connectivity index (χ1) is 7.34. The van der Waals surface area contributed by atoms with Crippen LogP contribution in [0.3, 0.4) is 0 Å². The molecule has 0 aliphatic carbocycles. The average Bonchev–Trinajstić information content (AvgIpc) is 2.22. The van der Waals surface area contributed by atoms with Gasteiger partial charge in [-0.2, -0.15) is 0 Å². The van der Waals surface area contributed by atoms with Crippen molar-refractivity contribution in [3.05, 3.63) is 0 Å². The van der Waals surface area contributed by atoms with Crippen molar-refractivity contribution in [2.45, 2.75) is 37.8 Å². The predicted octanol–water partition coefficient (Wildman–Crippen LogP) is -1.41. The summed E-state index contributed by atoms with van der Waals surface area (Å²) in [5.74, 6) is -1.26. The van der Waals surface area contributed by atoms with Gasteiger partial charge < -0.3 is 27.4 Å². The zero-order chi connectivity index (χ0) is 12.8. The van der Waals surface area contributed by atoms with Gasteiger partial charge in [0.05, 0.1) is 6.10 Å². The van der Waals surface area contributed by atoms with Gasteiger partial charge in [-0.15, -0.1) is 0 Å². The van der Waals surface area contributed by atoms with Gasteiger partial charge in [0.25, 0.3) is 0 Å². The van der Waals surface area contributed by atoms with Gasteiger partial charge in [-0.05, 0) is 19.3 Å². The highest BCUT2D eigenvalue weighted by molar-refractivity contribution is 5.79. The smallest absolute Gasteiger partial charge is 0.326 e. The second kappa shape index (κ2) is 6.29. The van der Waals surface area contributed by atoms with Crippen LogP contribution in [0, 0.1) is 0 Å². The third-order valence-electron chi connectivity index (χ3n) is 2.42. The lowest BCUT2D eigenvalue weighted by atomic mass is 9.87. The van der Waals surface area contributed by atoms with Crippen LogP contribution in [0.1, 0.15) is 26.2 Å². The minimum atomic E-state index is -1.63. The minimum absolute atomic E-state index is 0.0472. The van der Waals surface area contributed by atoms with Gasteiger partial charge in [0, 0.05) is 6.54 Å². The molecule has 16 heavy (non-hydrogen) atoms. The van der Waals surface area contributed by atoms with E-state index in [1.165, 1.54) is 0 Å². The molecule has 0 aromatic carbocycles. The Labute approximate surface area is 94.3 Å². The van der Waals surface area contributed by atoms with Gasteiger partial charge in [0.2, 0.25) is 0 Å². The lowest BCUT2D eigenvalue weighted by Gasteiger charge is -2.29. The van der Waals surface area contributed by atoms with Crippen LogP contribution < -0.4 is 17.2 Å². The highest BCUT2D eigenvalue weighted by atomic mass is 16.4. The van der Waals surface area contributed by atoms with E-state index < -0.39 is 17.6 Å². The van der Waals surface area contributed by atoms with Crippen LogP contribution in [-0.4, -0.2) is 40.3 Å². The fraction of sp³-hybridized carbons (Fsp3) is 0.778. The number of carboxylic acids is 1. The zero-order valence-corrected chi connectivity index (χ0v) is 9.39. The maximum Gasteiger partial charge on any atom is 0.326 e. The molecule has 0 aliphatic heterocycles. The molecule has 7 heteroatoms. The van der Waals surface area contributed by atoms with Crippen molar-refractivity contribution in [2.75, 3.05) is 6.54 Å². The fourth-order valence-corrected chi connectivity index (χ4v) is 1.36. The fourth-order valence-electron chi connectivity index (χ4n) is 1.36. The monoisotopic (exact) mass is 232 g/mol. The van der Waals surface area contributed by atoms with E-state index in [4.69, 9.17) is 22.3 Å². The summed E-state index contributed by atoms with van der Waals surface area (Å²) in [4.78, 5) is 14.7. The number of aliphatic carboxylic acids is 1. The van der Waals surface area contributed by atoms with Gasteiger partial charge in [-0.3, -0.25) is 9.79 Å². The average molecular weight is 232 g/mol. The number of hydrogen-bond donors (Lipinski definition) is 5. The first kappa shape index (κ1) is 14.7. The molecule has 0 radical (unpaired) electrons. The number of guanidine groups is 1. The summed E-state index contributed by atoms with van der Waals surface area (Å²) >= 11 is 0. The summed E-state index contributed by atoms with van der Waals surface area (Å²) in [6.45, 7) is 1.97. The molecule has 0 spiro atoms. The van der Waals surface area contributed by atoms with Crippen LogP contribution in [0.4, 0.5) is 0 Å². The highest BCUT2D eigenvalue weighted by Crippen LogP contribution is 2.17.